The molecular formula is C16H19ClN2O. The Morgan fingerprint density at radius 1 is 1.45 bits per heavy atom. The van der Waals surface area contributed by atoms with Gasteiger partial charge in [-0.05, 0) is 24.0 Å². The van der Waals surface area contributed by atoms with E-state index in [1.54, 1.807) is 4.68 Å². The molecular weight excluding hydrogens is 272 g/mol. The van der Waals surface area contributed by atoms with Gasteiger partial charge in [0.15, 0.2) is 0 Å². The summed E-state index contributed by atoms with van der Waals surface area (Å²) in [7, 11) is 1.89. The normalized spacial score (nSPS) is 18.5. The number of aryl methyl sites for hydroxylation is 2. The highest BCUT2D eigenvalue weighted by atomic mass is 35.5. The second-order valence-corrected chi connectivity index (χ2v) is 5.84. The van der Waals surface area contributed by atoms with Gasteiger partial charge in [-0.15, -0.1) is 0 Å². The highest BCUT2D eigenvalue weighted by Crippen LogP contribution is 2.38. The van der Waals surface area contributed by atoms with Crippen molar-refractivity contribution in [2.24, 2.45) is 7.05 Å². The van der Waals surface area contributed by atoms with Gasteiger partial charge in [-0.2, -0.15) is 5.10 Å². The highest BCUT2D eigenvalue weighted by molar-refractivity contribution is 6.31. The third-order valence-corrected chi connectivity index (χ3v) is 4.70. The molecule has 2 atom stereocenters. The fraction of sp³-hybridized carbons (Fsp3) is 0.438. The largest absolute Gasteiger partial charge is 0.392 e. The fourth-order valence-electron chi connectivity index (χ4n) is 3.02. The number of hydrogen-bond acceptors (Lipinski definition) is 2. The van der Waals surface area contributed by atoms with Crippen LogP contribution in [0.5, 0.6) is 0 Å². The number of aliphatic hydroxyl groups excluding tert-OH is 1. The van der Waals surface area contributed by atoms with E-state index in [9.17, 15) is 5.11 Å². The molecule has 3 nitrogen and oxygen atoms in total. The molecule has 2 aromatic rings. The number of hydrogen-bond donors (Lipinski definition) is 1. The summed E-state index contributed by atoms with van der Waals surface area (Å²) in [5.74, 6) is 0.224. The third kappa shape index (κ3) is 2.15. The molecule has 0 radical (unpaired) electrons. The van der Waals surface area contributed by atoms with Gasteiger partial charge >= 0.3 is 0 Å². The molecule has 1 aliphatic rings. The Morgan fingerprint density at radius 2 is 2.20 bits per heavy atom. The lowest BCUT2D eigenvalue weighted by Crippen LogP contribution is -2.31. The second kappa shape index (κ2) is 5.23. The summed E-state index contributed by atoms with van der Waals surface area (Å²) in [4.78, 5) is 0. The zero-order chi connectivity index (χ0) is 14.3. The van der Waals surface area contributed by atoms with Crippen LogP contribution in [-0.4, -0.2) is 21.0 Å². The number of aromatic nitrogens is 2. The van der Waals surface area contributed by atoms with E-state index < -0.39 is 6.10 Å². The lowest BCUT2D eigenvalue weighted by atomic mass is 9.73. The van der Waals surface area contributed by atoms with Gasteiger partial charge in [0.2, 0.25) is 0 Å². The maximum absolute atomic E-state index is 10.5. The van der Waals surface area contributed by atoms with Gasteiger partial charge in [0, 0.05) is 19.4 Å². The Morgan fingerprint density at radius 3 is 2.85 bits per heavy atom. The maximum atomic E-state index is 10.5. The van der Waals surface area contributed by atoms with E-state index in [2.05, 4.69) is 17.2 Å². The van der Waals surface area contributed by atoms with Gasteiger partial charge in [0.1, 0.15) is 0 Å². The molecule has 0 fully saturated rings. The molecule has 1 N–H and O–H groups in total. The molecule has 3 rings (SSSR count). The maximum Gasteiger partial charge on any atom is 0.0850 e. The van der Waals surface area contributed by atoms with Crippen molar-refractivity contribution < 1.29 is 5.11 Å². The molecule has 0 spiro atoms. The Balaban J connectivity index is 1.78. The number of aliphatic hydroxyl groups is 1. The minimum absolute atomic E-state index is 0.224. The average Bonchev–Trinajstić information content (AvgIpc) is 2.67. The number of nitrogens with zero attached hydrogens (tertiary/aromatic N) is 2. The Kier molecular flexibility index (Phi) is 3.57. The van der Waals surface area contributed by atoms with Crippen LogP contribution in [0.4, 0.5) is 0 Å². The Bertz CT molecular complexity index is 635. The van der Waals surface area contributed by atoms with Crippen molar-refractivity contribution in [3.8, 4) is 0 Å². The predicted molar refractivity (Wildman–Crippen MR) is 80.2 cm³/mol. The molecule has 0 saturated carbocycles. The number of rotatable bonds is 4. The summed E-state index contributed by atoms with van der Waals surface area (Å²) in [5.41, 5.74) is 4.46. The zero-order valence-corrected chi connectivity index (χ0v) is 12.6. The van der Waals surface area contributed by atoms with Crippen LogP contribution in [0.3, 0.4) is 0 Å². The Labute approximate surface area is 124 Å². The third-order valence-electron chi connectivity index (χ3n) is 4.26. The van der Waals surface area contributed by atoms with E-state index in [0.29, 0.717) is 11.4 Å². The van der Waals surface area contributed by atoms with Crippen molar-refractivity contribution in [3.05, 3.63) is 51.8 Å². The van der Waals surface area contributed by atoms with E-state index in [1.165, 1.54) is 11.1 Å². The average molecular weight is 291 g/mol. The number of halogens is 1. The van der Waals surface area contributed by atoms with Crippen LogP contribution in [0.25, 0.3) is 0 Å². The van der Waals surface area contributed by atoms with Crippen molar-refractivity contribution >= 4 is 11.6 Å². The summed E-state index contributed by atoms with van der Waals surface area (Å²) in [5, 5.41) is 15.6. The van der Waals surface area contributed by atoms with Crippen molar-refractivity contribution in [3.63, 3.8) is 0 Å². The predicted octanol–water partition coefficient (Wildman–Crippen LogP) is 2.88. The summed E-state index contributed by atoms with van der Waals surface area (Å²) in [6.45, 7) is 2.04. The van der Waals surface area contributed by atoms with E-state index in [1.807, 2.05) is 26.1 Å². The van der Waals surface area contributed by atoms with Crippen LogP contribution < -0.4 is 0 Å². The minimum atomic E-state index is -0.400. The van der Waals surface area contributed by atoms with E-state index in [-0.39, 0.29) is 5.92 Å². The molecule has 0 saturated heterocycles. The van der Waals surface area contributed by atoms with Gasteiger partial charge < -0.3 is 5.11 Å². The van der Waals surface area contributed by atoms with Gasteiger partial charge in [-0.25, -0.2) is 0 Å². The van der Waals surface area contributed by atoms with Crippen molar-refractivity contribution in [2.45, 2.75) is 38.2 Å². The summed E-state index contributed by atoms with van der Waals surface area (Å²) >= 11 is 6.35. The molecule has 1 aromatic carbocycles. The molecule has 0 amide bonds. The Hall–Kier alpha value is -1.32. The minimum Gasteiger partial charge on any atom is -0.392 e. The van der Waals surface area contributed by atoms with E-state index in [4.69, 9.17) is 11.6 Å². The van der Waals surface area contributed by atoms with Crippen LogP contribution in [-0.2, 0) is 26.3 Å². The van der Waals surface area contributed by atoms with Gasteiger partial charge in [-0.3, -0.25) is 4.68 Å². The smallest absolute Gasteiger partial charge is 0.0850 e. The monoisotopic (exact) mass is 290 g/mol. The summed E-state index contributed by atoms with van der Waals surface area (Å²) in [6, 6.07) is 8.32. The first kappa shape index (κ1) is 13.7. The number of benzene rings is 1. The van der Waals surface area contributed by atoms with Gasteiger partial charge in [0.25, 0.3) is 0 Å². The fourth-order valence-corrected chi connectivity index (χ4v) is 3.39. The molecule has 1 aliphatic carbocycles. The second-order valence-electron chi connectivity index (χ2n) is 5.47. The summed E-state index contributed by atoms with van der Waals surface area (Å²) in [6.07, 6.45) is 1.92. The topological polar surface area (TPSA) is 38.0 Å². The van der Waals surface area contributed by atoms with Gasteiger partial charge in [-0.1, -0.05) is 42.8 Å². The van der Waals surface area contributed by atoms with Crippen LogP contribution in [0.15, 0.2) is 24.3 Å². The molecule has 2 unspecified atom stereocenters. The summed E-state index contributed by atoms with van der Waals surface area (Å²) < 4.78 is 1.80. The first-order valence-corrected chi connectivity index (χ1v) is 7.45. The quantitative estimate of drug-likeness (QED) is 0.940. The first-order chi connectivity index (χ1) is 9.61. The molecule has 0 bridgehead atoms. The number of fused-ring (bicyclic) bond motifs is 1. The SMILES string of the molecule is CCc1nn(C)c(CC(O)C2Cc3ccccc32)c1Cl. The van der Waals surface area contributed by atoms with E-state index >= 15 is 0 Å². The first-order valence-electron chi connectivity index (χ1n) is 7.08. The van der Waals surface area contributed by atoms with Crippen LogP contribution in [0, 0.1) is 0 Å². The lowest BCUT2D eigenvalue weighted by molar-refractivity contribution is 0.131. The van der Waals surface area contributed by atoms with Crippen LogP contribution in [0.1, 0.15) is 35.4 Å². The lowest BCUT2D eigenvalue weighted by Gasteiger charge is -2.33. The molecule has 4 heteroatoms. The zero-order valence-electron chi connectivity index (χ0n) is 11.8. The van der Waals surface area contributed by atoms with Crippen molar-refractivity contribution in [2.75, 3.05) is 0 Å². The van der Waals surface area contributed by atoms with Crippen molar-refractivity contribution in [1.29, 1.82) is 0 Å². The molecule has 1 aromatic heterocycles. The molecule has 106 valence electrons. The standard InChI is InChI=1S/C16H19ClN2O/c1-3-13-16(17)14(19(2)18-13)9-15(20)12-8-10-6-4-5-7-11(10)12/h4-7,12,15,20H,3,8-9H2,1-2H3. The molecule has 20 heavy (non-hydrogen) atoms. The van der Waals surface area contributed by atoms with Crippen molar-refractivity contribution in [1.82, 2.24) is 9.78 Å². The molecule has 0 aliphatic heterocycles. The van der Waals surface area contributed by atoms with Crippen LogP contribution in [0.2, 0.25) is 5.02 Å². The van der Waals surface area contributed by atoms with Gasteiger partial charge in [0.05, 0.1) is 22.5 Å². The van der Waals surface area contributed by atoms with E-state index in [0.717, 1.165) is 24.2 Å². The van der Waals surface area contributed by atoms with Crippen LogP contribution >= 0.6 is 11.6 Å². The highest BCUT2D eigenvalue weighted by Gasteiger charge is 2.32. The molecule has 1 heterocycles.